The van der Waals surface area contributed by atoms with Gasteiger partial charge < -0.3 is 14.5 Å². The predicted molar refractivity (Wildman–Crippen MR) is 51.9 cm³/mol. The summed E-state index contributed by atoms with van der Waals surface area (Å²) in [5, 5.41) is 13.5. The third-order valence-electron chi connectivity index (χ3n) is 2.28. The van der Waals surface area contributed by atoms with E-state index in [1.165, 1.54) is 12.1 Å². The zero-order chi connectivity index (χ0) is 10.7. The zero-order valence-corrected chi connectivity index (χ0v) is 8.14. The van der Waals surface area contributed by atoms with Crippen LogP contribution in [-0.2, 0) is 0 Å². The molecule has 2 heterocycles. The van der Waals surface area contributed by atoms with Crippen LogP contribution in [0, 0.1) is 10.1 Å². The van der Waals surface area contributed by atoms with Crippen molar-refractivity contribution in [1.29, 1.82) is 0 Å². The fourth-order valence-corrected chi connectivity index (χ4v) is 1.56. The summed E-state index contributed by atoms with van der Waals surface area (Å²) in [4.78, 5) is 9.77. The summed E-state index contributed by atoms with van der Waals surface area (Å²) in [5.41, 5.74) is 0. The summed E-state index contributed by atoms with van der Waals surface area (Å²) < 4.78 is 10.4. The number of piperidine rings is 1. The summed E-state index contributed by atoms with van der Waals surface area (Å²) >= 11 is 0. The maximum atomic E-state index is 10.4. The SMILES string of the molecule is O=[N+]([O-])c1ccc(OC2CCCNC2)o1. The Kier molecular flexibility index (Phi) is 2.86. The Hall–Kier alpha value is -1.56. The molecular weight excluding hydrogens is 200 g/mol. The predicted octanol–water partition coefficient (Wildman–Crippen LogP) is 1.32. The summed E-state index contributed by atoms with van der Waals surface area (Å²) in [6.45, 7) is 1.76. The summed E-state index contributed by atoms with van der Waals surface area (Å²) in [6, 6.07) is 2.78. The fraction of sp³-hybridized carbons (Fsp3) is 0.556. The second-order valence-corrected chi connectivity index (χ2v) is 3.44. The van der Waals surface area contributed by atoms with E-state index in [-0.39, 0.29) is 17.9 Å². The molecule has 82 valence electrons. The van der Waals surface area contributed by atoms with E-state index in [0.717, 1.165) is 25.9 Å². The first-order chi connectivity index (χ1) is 7.25. The molecular formula is C9H12N2O4. The van der Waals surface area contributed by atoms with Gasteiger partial charge in [-0.2, -0.15) is 0 Å². The minimum Gasteiger partial charge on any atom is -0.460 e. The van der Waals surface area contributed by atoms with Crippen LogP contribution >= 0.6 is 0 Å². The molecule has 1 aliphatic rings. The van der Waals surface area contributed by atoms with Gasteiger partial charge in [0, 0.05) is 12.6 Å². The average molecular weight is 212 g/mol. The molecule has 15 heavy (non-hydrogen) atoms. The number of nitrogens with one attached hydrogen (secondary N) is 1. The van der Waals surface area contributed by atoms with E-state index in [0.29, 0.717) is 0 Å². The third-order valence-corrected chi connectivity index (χ3v) is 2.28. The topological polar surface area (TPSA) is 77.5 Å². The average Bonchev–Trinajstić information content (AvgIpc) is 2.68. The number of rotatable bonds is 3. The lowest BCUT2D eigenvalue weighted by Crippen LogP contribution is -2.37. The maximum Gasteiger partial charge on any atom is 0.436 e. The van der Waals surface area contributed by atoms with Crippen molar-refractivity contribution in [3.8, 4) is 5.95 Å². The largest absolute Gasteiger partial charge is 0.460 e. The molecule has 0 saturated carbocycles. The molecule has 6 nitrogen and oxygen atoms in total. The molecule has 0 spiro atoms. The minimum absolute atomic E-state index is 0.0458. The van der Waals surface area contributed by atoms with Gasteiger partial charge in [0.05, 0.1) is 6.07 Å². The van der Waals surface area contributed by atoms with Crippen LogP contribution < -0.4 is 10.1 Å². The molecule has 1 atom stereocenters. The van der Waals surface area contributed by atoms with E-state index in [1.807, 2.05) is 0 Å². The van der Waals surface area contributed by atoms with Gasteiger partial charge in [0.15, 0.2) is 0 Å². The molecule has 1 fully saturated rings. The van der Waals surface area contributed by atoms with Gasteiger partial charge in [-0.05, 0) is 19.4 Å². The van der Waals surface area contributed by atoms with Gasteiger partial charge in [0.1, 0.15) is 11.0 Å². The first-order valence-electron chi connectivity index (χ1n) is 4.87. The monoisotopic (exact) mass is 212 g/mol. The Morgan fingerprint density at radius 3 is 3.07 bits per heavy atom. The highest BCUT2D eigenvalue weighted by molar-refractivity contribution is 5.21. The van der Waals surface area contributed by atoms with Crippen molar-refractivity contribution in [3.63, 3.8) is 0 Å². The van der Waals surface area contributed by atoms with E-state index in [9.17, 15) is 10.1 Å². The van der Waals surface area contributed by atoms with Gasteiger partial charge in [-0.25, -0.2) is 0 Å². The van der Waals surface area contributed by atoms with Crippen molar-refractivity contribution in [3.05, 3.63) is 22.2 Å². The van der Waals surface area contributed by atoms with Crippen molar-refractivity contribution in [2.45, 2.75) is 18.9 Å². The molecule has 0 aromatic carbocycles. The van der Waals surface area contributed by atoms with E-state index in [2.05, 4.69) is 5.32 Å². The molecule has 1 unspecified atom stereocenters. The Labute approximate surface area is 86.4 Å². The van der Waals surface area contributed by atoms with Crippen molar-refractivity contribution >= 4 is 5.88 Å². The lowest BCUT2D eigenvalue weighted by molar-refractivity contribution is -0.402. The van der Waals surface area contributed by atoms with Gasteiger partial charge in [0.25, 0.3) is 5.95 Å². The van der Waals surface area contributed by atoms with Crippen LogP contribution in [0.25, 0.3) is 0 Å². The Bertz CT molecular complexity index is 344. The number of furan rings is 1. The number of nitrogens with zero attached hydrogens (tertiary/aromatic N) is 1. The number of ether oxygens (including phenoxy) is 1. The Balaban J connectivity index is 1.94. The first-order valence-corrected chi connectivity index (χ1v) is 4.87. The third kappa shape index (κ3) is 2.47. The van der Waals surface area contributed by atoms with Crippen molar-refractivity contribution in [2.24, 2.45) is 0 Å². The molecule has 1 aromatic rings. The molecule has 1 saturated heterocycles. The van der Waals surface area contributed by atoms with Gasteiger partial charge >= 0.3 is 5.88 Å². The first kappa shape index (κ1) is 9.97. The molecule has 1 aromatic heterocycles. The standard InChI is InChI=1S/C9H12N2O4/c12-11(13)8-3-4-9(15-8)14-7-2-1-5-10-6-7/h3-4,7,10H,1-2,5-6H2. The lowest BCUT2D eigenvalue weighted by Gasteiger charge is -2.22. The quantitative estimate of drug-likeness (QED) is 0.603. The normalized spacial score (nSPS) is 21.2. The van der Waals surface area contributed by atoms with E-state index in [4.69, 9.17) is 9.15 Å². The molecule has 1 aliphatic heterocycles. The van der Waals surface area contributed by atoms with Crippen LogP contribution in [0.15, 0.2) is 16.5 Å². The highest BCUT2D eigenvalue weighted by Gasteiger charge is 2.18. The van der Waals surface area contributed by atoms with E-state index >= 15 is 0 Å². The second kappa shape index (κ2) is 4.31. The van der Waals surface area contributed by atoms with Crippen LogP contribution in [0.1, 0.15) is 12.8 Å². The van der Waals surface area contributed by atoms with Crippen LogP contribution in [0.2, 0.25) is 0 Å². The van der Waals surface area contributed by atoms with Gasteiger partial charge in [0.2, 0.25) is 0 Å². The number of hydrogen-bond donors (Lipinski definition) is 1. The second-order valence-electron chi connectivity index (χ2n) is 3.44. The van der Waals surface area contributed by atoms with E-state index < -0.39 is 4.92 Å². The summed E-state index contributed by atoms with van der Waals surface area (Å²) in [6.07, 6.45) is 2.04. The summed E-state index contributed by atoms with van der Waals surface area (Å²) in [5.74, 6) is -0.0656. The molecule has 2 rings (SSSR count). The lowest BCUT2D eigenvalue weighted by atomic mass is 10.1. The van der Waals surface area contributed by atoms with Crippen molar-refractivity contribution < 1.29 is 14.1 Å². The Morgan fingerprint density at radius 1 is 1.60 bits per heavy atom. The highest BCUT2D eigenvalue weighted by atomic mass is 16.7. The maximum absolute atomic E-state index is 10.4. The van der Waals surface area contributed by atoms with Crippen LogP contribution in [0.5, 0.6) is 5.95 Å². The Morgan fingerprint density at radius 2 is 2.47 bits per heavy atom. The number of hydrogen-bond acceptors (Lipinski definition) is 5. The van der Waals surface area contributed by atoms with Crippen LogP contribution in [-0.4, -0.2) is 24.1 Å². The molecule has 6 heteroatoms. The number of nitro groups is 1. The molecule has 1 N–H and O–H groups in total. The van der Waals surface area contributed by atoms with Gasteiger partial charge in [-0.3, -0.25) is 10.1 Å². The van der Waals surface area contributed by atoms with Crippen LogP contribution in [0.3, 0.4) is 0 Å². The molecule has 0 amide bonds. The summed E-state index contributed by atoms with van der Waals surface area (Å²) in [7, 11) is 0. The highest BCUT2D eigenvalue weighted by Crippen LogP contribution is 2.23. The van der Waals surface area contributed by atoms with Crippen LogP contribution in [0.4, 0.5) is 5.88 Å². The van der Waals surface area contributed by atoms with E-state index in [1.54, 1.807) is 0 Å². The molecule has 0 bridgehead atoms. The minimum atomic E-state index is -0.577. The molecule has 0 radical (unpaired) electrons. The van der Waals surface area contributed by atoms with Crippen molar-refractivity contribution in [1.82, 2.24) is 5.32 Å². The smallest absolute Gasteiger partial charge is 0.436 e. The van der Waals surface area contributed by atoms with Gasteiger partial charge in [-0.1, -0.05) is 0 Å². The van der Waals surface area contributed by atoms with Gasteiger partial charge in [-0.15, -0.1) is 0 Å². The van der Waals surface area contributed by atoms with Crippen molar-refractivity contribution in [2.75, 3.05) is 13.1 Å². The zero-order valence-electron chi connectivity index (χ0n) is 8.14. The molecule has 0 aliphatic carbocycles. The fourth-order valence-electron chi connectivity index (χ4n) is 1.56.